The van der Waals surface area contributed by atoms with E-state index in [-0.39, 0.29) is 23.8 Å². The molecule has 0 aliphatic carbocycles. The van der Waals surface area contributed by atoms with Crippen molar-refractivity contribution in [2.24, 2.45) is 35.5 Å². The van der Waals surface area contributed by atoms with E-state index in [4.69, 9.17) is 0 Å². The number of amides is 5. The van der Waals surface area contributed by atoms with Gasteiger partial charge in [0.2, 0.25) is 0 Å². The predicted octanol–water partition coefficient (Wildman–Crippen LogP) is 22.9. The lowest BCUT2D eigenvalue weighted by atomic mass is 9.97. The summed E-state index contributed by atoms with van der Waals surface area (Å²) < 4.78 is 0. The van der Waals surface area contributed by atoms with Gasteiger partial charge in [-0.2, -0.15) is 0 Å². The number of benzene rings is 9. The van der Waals surface area contributed by atoms with E-state index >= 15 is 0 Å². The monoisotopic (exact) mass is 1730 g/mol. The van der Waals surface area contributed by atoms with Gasteiger partial charge in [0.15, 0.2) is 0 Å². The average molecular weight is 1730 g/mol. The predicted molar refractivity (Wildman–Crippen MR) is 543 cm³/mol. The van der Waals surface area contributed by atoms with Gasteiger partial charge in [-0.15, -0.1) is 0 Å². The lowest BCUT2D eigenvalue weighted by Gasteiger charge is -2.26. The topological polar surface area (TPSA) is 148 Å². The molecule has 5 N–H and O–H groups in total. The summed E-state index contributed by atoms with van der Waals surface area (Å²) in [7, 11) is 18.4. The number of unbranched alkanes of at least 4 members (excludes halogenated alkanes) is 1. The van der Waals surface area contributed by atoms with Gasteiger partial charge in [0.1, 0.15) is 0 Å². The molecule has 0 aromatic heterocycles. The molecule has 9 aromatic carbocycles. The zero-order valence-electron chi connectivity index (χ0n) is 82.0. The van der Waals surface area contributed by atoms with Crippen LogP contribution in [0.25, 0.3) is 44.5 Å². The fourth-order valence-electron chi connectivity index (χ4n) is 15.8. The molecule has 0 saturated carbocycles. The zero-order valence-corrected chi connectivity index (χ0v) is 82.0. The molecule has 15 nitrogen and oxygen atoms in total. The second-order valence-electron chi connectivity index (χ2n) is 38.6. The number of hydrogen-bond donors (Lipinski definition) is 5. The van der Waals surface area contributed by atoms with Crippen LogP contribution in [0, 0.1) is 35.5 Å². The van der Waals surface area contributed by atoms with Crippen LogP contribution in [0.3, 0.4) is 0 Å². The number of piperidine rings is 1. The third-order valence-corrected chi connectivity index (χ3v) is 21.9. The van der Waals surface area contributed by atoms with Crippen molar-refractivity contribution < 1.29 is 19.2 Å². The van der Waals surface area contributed by atoms with Gasteiger partial charge < -0.3 is 56.0 Å². The van der Waals surface area contributed by atoms with Gasteiger partial charge in [0.05, 0.1) is 0 Å². The Kier molecular flexibility index (Phi) is 49.2. The molecule has 1 heterocycles. The highest BCUT2D eigenvalue weighted by Gasteiger charge is 2.17. The van der Waals surface area contributed by atoms with Gasteiger partial charge in [-0.25, -0.2) is 4.79 Å². The molecule has 0 bridgehead atoms. The number of nitrogens with zero attached hydrogens (tertiary/aromatic N) is 6. The van der Waals surface area contributed by atoms with Gasteiger partial charge in [0, 0.05) is 74.7 Å². The van der Waals surface area contributed by atoms with Crippen molar-refractivity contribution in [2.75, 3.05) is 141 Å². The molecule has 0 unspecified atom stereocenters. The third-order valence-electron chi connectivity index (χ3n) is 21.9. The number of hydrogen-bond acceptors (Lipinski definition) is 10. The van der Waals surface area contributed by atoms with E-state index < -0.39 is 0 Å². The smallest absolute Gasteiger partial charge is 0.321 e. The van der Waals surface area contributed by atoms with E-state index in [0.29, 0.717) is 41.8 Å². The Hall–Kier alpha value is -9.58. The summed E-state index contributed by atoms with van der Waals surface area (Å²) in [4.78, 5) is 62.4. The van der Waals surface area contributed by atoms with Crippen LogP contribution in [-0.2, 0) is 38.6 Å². The molecule has 15 heteroatoms. The van der Waals surface area contributed by atoms with Crippen LogP contribution in [0.15, 0.2) is 218 Å². The van der Waals surface area contributed by atoms with Crippen LogP contribution >= 0.6 is 0 Å². The molecular formula is C112H163N11O4. The second kappa shape index (κ2) is 58.8. The minimum atomic E-state index is -0.0690. The first kappa shape index (κ1) is 106. The van der Waals surface area contributed by atoms with Crippen LogP contribution in [0.2, 0.25) is 0 Å². The van der Waals surface area contributed by atoms with Crippen molar-refractivity contribution in [3.8, 4) is 44.5 Å². The van der Waals surface area contributed by atoms with Crippen molar-refractivity contribution in [3.05, 3.63) is 268 Å². The van der Waals surface area contributed by atoms with E-state index in [0.717, 1.165) is 168 Å². The standard InChI is InChI=1S/C25H34N2O.C23H33N3O.C23H32N2O.C22H30N2O.C19H34N2/c1-20(2)17-21-9-6-10-22(18-21)23-11-7-12-24(19-23)25(28)26-13-8-16-27-14-4-3-5-15-27;1-18(2)16-19-8-6-9-21(17-19)20-10-12-22(13-11-20)24-23(27)26(5)15-7-14-25(3)4;1-18(2)15-19-9-7-10-20(16-19)21-11-8-12-22(17-21)23(26)24-13-5-6-14-25(3)4;1-17(2)15-18-7-5-8-21(16-18)19-9-11-20(12-10-19)22(25)23-13-6-14-24(3)4;1-15(2)10-17-8-7-9-18(12-17)13-20-19(11-16(3)4)14-21(5)6/h6-7,9-12,18-20H,3-5,8,13-17H2,1-2H3,(H,26,28);6,8-13,17-18H,7,14-16H2,1-5H3,(H,24,27);7-12,16-18H,5-6,13-15H2,1-4H3,(H,24,26);5,7-12,16-17H,6,13-15H2,1-4H3,(H,23,25);7-9,12,15-16,19-20H,10-11,13-14H2,1-6H3/t;;;;19-/m....1/s1. The number of carbonyl (C=O) groups excluding carboxylic acids is 4. The number of rotatable bonds is 42. The SMILES string of the molecule is CC(C)Cc1cccc(-c2ccc(C(=O)NCCCN(C)C)cc2)c1.CC(C)Cc1cccc(-c2ccc(NC(=O)N(C)CCCN(C)C)cc2)c1.CC(C)Cc1cccc(-c2cccc(C(=O)NCCCCN(C)C)c2)c1.CC(C)Cc1cccc(-c2cccc(C(=O)NCCCN3CCCCC3)c2)c1.CC(C)Cc1cccc(CN[C@H](CC(C)C)CN(C)C)c1. The highest BCUT2D eigenvalue weighted by Crippen LogP contribution is 2.29. The molecule has 0 spiro atoms. The normalized spacial score (nSPS) is 12.3. The number of urea groups is 1. The summed E-state index contributed by atoms with van der Waals surface area (Å²) >= 11 is 0. The molecule has 1 aliphatic rings. The first-order chi connectivity index (χ1) is 60.7. The maximum atomic E-state index is 12.6. The van der Waals surface area contributed by atoms with Crippen LogP contribution in [0.1, 0.15) is 205 Å². The van der Waals surface area contributed by atoms with Crippen LogP contribution in [-0.4, -0.2) is 195 Å². The molecule has 1 atom stereocenters. The van der Waals surface area contributed by atoms with Gasteiger partial charge in [0.25, 0.3) is 17.7 Å². The highest BCUT2D eigenvalue weighted by molar-refractivity contribution is 5.97. The number of likely N-dealkylation sites (N-methyl/N-ethyl adjacent to an activating group) is 1. The van der Waals surface area contributed by atoms with E-state index in [1.165, 1.54) is 101 Å². The first-order valence-electron chi connectivity index (χ1n) is 47.5. The van der Waals surface area contributed by atoms with Gasteiger partial charge in [-0.1, -0.05) is 259 Å². The summed E-state index contributed by atoms with van der Waals surface area (Å²) in [5, 5.41) is 15.8. The maximum Gasteiger partial charge on any atom is 0.321 e. The Morgan fingerprint density at radius 1 is 0.323 bits per heavy atom. The van der Waals surface area contributed by atoms with E-state index in [9.17, 15) is 19.2 Å². The Balaban J connectivity index is 0.000000246. The lowest BCUT2D eigenvalue weighted by molar-refractivity contribution is 0.0943. The fourth-order valence-corrected chi connectivity index (χ4v) is 15.8. The zero-order chi connectivity index (χ0) is 92.6. The third kappa shape index (κ3) is 44.3. The second-order valence-corrected chi connectivity index (χ2v) is 38.6. The minimum absolute atomic E-state index is 0.00105. The van der Waals surface area contributed by atoms with Gasteiger partial charge in [-0.05, 0) is 341 Å². The first-order valence-corrected chi connectivity index (χ1v) is 47.5. The summed E-state index contributed by atoms with van der Waals surface area (Å²) in [6, 6.07) is 76.0. The summed E-state index contributed by atoms with van der Waals surface area (Å²) in [5.41, 5.74) is 20.5. The molecule has 1 fully saturated rings. The molecular weight excluding hydrogens is 1560 g/mol. The molecule has 690 valence electrons. The lowest BCUT2D eigenvalue weighted by Crippen LogP contribution is -2.38. The van der Waals surface area contributed by atoms with Crippen LogP contribution in [0.5, 0.6) is 0 Å². The van der Waals surface area contributed by atoms with Crippen molar-refractivity contribution in [2.45, 2.75) is 186 Å². The quantitative estimate of drug-likeness (QED) is 0.0234. The van der Waals surface area contributed by atoms with Crippen molar-refractivity contribution in [1.82, 2.24) is 50.7 Å². The van der Waals surface area contributed by atoms with Crippen molar-refractivity contribution in [1.29, 1.82) is 0 Å². The highest BCUT2D eigenvalue weighted by atomic mass is 16.2. The number of nitrogens with one attached hydrogen (secondary N) is 5. The van der Waals surface area contributed by atoms with Crippen LogP contribution < -0.4 is 26.6 Å². The van der Waals surface area contributed by atoms with Gasteiger partial charge >= 0.3 is 6.03 Å². The molecule has 0 radical (unpaired) electrons. The maximum absolute atomic E-state index is 12.6. The number of carbonyl (C=O) groups is 4. The Labute approximate surface area is 769 Å². The molecule has 5 amide bonds. The molecule has 10 rings (SSSR count). The minimum Gasteiger partial charge on any atom is -0.352 e. The van der Waals surface area contributed by atoms with Crippen molar-refractivity contribution >= 4 is 29.4 Å². The largest absolute Gasteiger partial charge is 0.352 e. The van der Waals surface area contributed by atoms with Gasteiger partial charge in [-0.3, -0.25) is 14.4 Å². The Morgan fingerprint density at radius 2 is 0.677 bits per heavy atom. The molecule has 1 saturated heterocycles. The molecule has 1 aliphatic heterocycles. The van der Waals surface area contributed by atoms with Crippen LogP contribution in [0.4, 0.5) is 10.5 Å². The summed E-state index contributed by atoms with van der Waals surface area (Å²) in [6.07, 6.45) is 15.7. The number of anilines is 1. The van der Waals surface area contributed by atoms with E-state index in [1.807, 2.05) is 108 Å². The fraction of sp³-hybridized carbons (Fsp3) is 0.482. The Bertz CT molecular complexity index is 4590. The van der Waals surface area contributed by atoms with E-state index in [2.05, 4.69) is 308 Å². The molecule has 9 aromatic rings. The van der Waals surface area contributed by atoms with E-state index in [1.54, 1.807) is 4.90 Å². The average Bonchev–Trinajstić information content (AvgIpc) is 0.874. The summed E-state index contributed by atoms with van der Waals surface area (Å²) in [6.45, 7) is 38.5. The molecule has 127 heavy (non-hydrogen) atoms. The Morgan fingerprint density at radius 3 is 1.09 bits per heavy atom. The van der Waals surface area contributed by atoms with Crippen molar-refractivity contribution in [3.63, 3.8) is 0 Å². The summed E-state index contributed by atoms with van der Waals surface area (Å²) in [5.74, 6) is 4.05. The number of likely N-dealkylation sites (tertiary alicyclic amines) is 1.